The molecule has 0 spiro atoms. The number of rotatable bonds is 11. The Balaban J connectivity index is 2.17. The van der Waals surface area contributed by atoms with Gasteiger partial charge in [-0.25, -0.2) is 8.42 Å². The van der Waals surface area contributed by atoms with E-state index in [-0.39, 0.29) is 25.0 Å². The molecule has 0 aliphatic rings. The van der Waals surface area contributed by atoms with Gasteiger partial charge in [0.1, 0.15) is 11.5 Å². The quantitative estimate of drug-likeness (QED) is 0.542. The molecule has 1 amide bonds. The Hall–Kier alpha value is -2.42. The van der Waals surface area contributed by atoms with Gasteiger partial charge in [0.2, 0.25) is 15.9 Å². The lowest BCUT2D eigenvalue weighted by Gasteiger charge is -2.28. The summed E-state index contributed by atoms with van der Waals surface area (Å²) >= 11 is 0. The van der Waals surface area contributed by atoms with Crippen LogP contribution in [0.5, 0.6) is 0 Å². The second-order valence-corrected chi connectivity index (χ2v) is 8.99. The third-order valence-corrected chi connectivity index (χ3v) is 6.17. The minimum atomic E-state index is -3.79. The summed E-state index contributed by atoms with van der Waals surface area (Å²) in [7, 11) is -2.23. The molecule has 1 aromatic carbocycles. The Bertz CT molecular complexity index is 935. The van der Waals surface area contributed by atoms with Gasteiger partial charge in [0.05, 0.1) is 19.7 Å². The molecule has 8 heteroatoms. The number of sulfonamides is 1. The Morgan fingerprint density at radius 3 is 2.43 bits per heavy atom. The summed E-state index contributed by atoms with van der Waals surface area (Å²) in [6.07, 6.45) is 1.53. The van der Waals surface area contributed by atoms with Crippen LogP contribution in [0, 0.1) is 6.92 Å². The lowest BCUT2D eigenvalue weighted by atomic mass is 10.2. The topological polar surface area (TPSA) is 80.1 Å². The number of furan rings is 1. The number of carbonyl (C=O) groups excluding carboxylic acids is 1. The zero-order chi connectivity index (χ0) is 22.1. The molecule has 0 fully saturated rings. The summed E-state index contributed by atoms with van der Waals surface area (Å²) in [6.45, 7) is 5.99. The first kappa shape index (κ1) is 23.9. The van der Waals surface area contributed by atoms with E-state index in [0.29, 0.717) is 18.9 Å². The smallest absolute Gasteiger partial charge is 0.238 e. The van der Waals surface area contributed by atoms with E-state index in [4.69, 9.17) is 9.15 Å². The number of hydrogen-bond donors (Lipinski definition) is 0. The maximum atomic E-state index is 13.0. The molecule has 0 aliphatic carbocycles. The number of nitrogens with zero attached hydrogens (tertiary/aromatic N) is 2. The van der Waals surface area contributed by atoms with Crippen LogP contribution in [0.4, 0.5) is 0 Å². The van der Waals surface area contributed by atoms with Gasteiger partial charge in [-0.2, -0.15) is 4.31 Å². The van der Waals surface area contributed by atoms with Gasteiger partial charge < -0.3 is 14.1 Å². The van der Waals surface area contributed by atoms with Gasteiger partial charge in [0, 0.05) is 25.1 Å². The Morgan fingerprint density at radius 1 is 1.17 bits per heavy atom. The third kappa shape index (κ3) is 7.12. The van der Waals surface area contributed by atoms with Crippen molar-refractivity contribution < 1.29 is 22.4 Å². The minimum absolute atomic E-state index is 0.252. The van der Waals surface area contributed by atoms with E-state index < -0.39 is 10.0 Å². The average molecular weight is 435 g/mol. The molecule has 7 nitrogen and oxygen atoms in total. The van der Waals surface area contributed by atoms with E-state index in [1.165, 1.54) is 10.4 Å². The average Bonchev–Trinajstić information content (AvgIpc) is 3.12. The number of aryl methyl sites for hydroxylation is 1. The van der Waals surface area contributed by atoms with Crippen LogP contribution in [0.3, 0.4) is 0 Å². The van der Waals surface area contributed by atoms with Crippen LogP contribution in [0.15, 0.2) is 52.3 Å². The van der Waals surface area contributed by atoms with Crippen molar-refractivity contribution in [3.8, 4) is 0 Å². The summed E-state index contributed by atoms with van der Waals surface area (Å²) in [5.74, 6) is 1.08. The molecule has 1 heterocycles. The fourth-order valence-corrected chi connectivity index (χ4v) is 4.22. The predicted molar refractivity (Wildman–Crippen MR) is 117 cm³/mol. The van der Waals surface area contributed by atoms with Gasteiger partial charge in [-0.3, -0.25) is 4.79 Å². The minimum Gasteiger partial charge on any atom is -0.464 e. The molecule has 2 rings (SSSR count). The van der Waals surface area contributed by atoms with Crippen molar-refractivity contribution in [3.05, 3.63) is 65.0 Å². The molecule has 0 N–H and O–H groups in total. The van der Waals surface area contributed by atoms with E-state index in [9.17, 15) is 13.2 Å². The highest BCUT2D eigenvalue weighted by Gasteiger charge is 2.27. The normalized spacial score (nSPS) is 12.2. The fraction of sp³-hybridized carbons (Fsp3) is 0.409. The van der Waals surface area contributed by atoms with Crippen LogP contribution in [-0.2, 0) is 26.1 Å². The van der Waals surface area contributed by atoms with Crippen molar-refractivity contribution in [2.45, 2.75) is 33.4 Å². The van der Waals surface area contributed by atoms with Crippen molar-refractivity contribution >= 4 is 22.0 Å². The molecule has 0 radical (unpaired) electrons. The maximum absolute atomic E-state index is 13.0. The van der Waals surface area contributed by atoms with Gasteiger partial charge >= 0.3 is 0 Å². The van der Waals surface area contributed by atoms with Crippen LogP contribution < -0.4 is 0 Å². The van der Waals surface area contributed by atoms with Crippen LogP contribution >= 0.6 is 0 Å². The van der Waals surface area contributed by atoms with Gasteiger partial charge in [0.15, 0.2) is 0 Å². The highest BCUT2D eigenvalue weighted by Crippen LogP contribution is 2.14. The summed E-state index contributed by atoms with van der Waals surface area (Å²) in [4.78, 5) is 14.5. The highest BCUT2D eigenvalue weighted by atomic mass is 32.2. The van der Waals surface area contributed by atoms with Crippen molar-refractivity contribution in [1.29, 1.82) is 0 Å². The molecule has 30 heavy (non-hydrogen) atoms. The molecule has 2 aromatic rings. The van der Waals surface area contributed by atoms with Crippen molar-refractivity contribution in [2.75, 3.05) is 26.8 Å². The van der Waals surface area contributed by atoms with E-state index in [1.807, 2.05) is 49.4 Å². The molecule has 0 atom stereocenters. The summed E-state index contributed by atoms with van der Waals surface area (Å²) in [5.41, 5.74) is 0.769. The van der Waals surface area contributed by atoms with Crippen LogP contribution in [0.1, 0.15) is 30.9 Å². The molecule has 1 aromatic heterocycles. The second-order valence-electron chi connectivity index (χ2n) is 7.22. The molecular formula is C22H30N2O5S. The molecule has 0 bridgehead atoms. The lowest BCUT2D eigenvalue weighted by molar-refractivity contribution is -0.133. The SMILES string of the molecule is COCCN(Cc1ccc(C)o1)C(=O)CN(C(C)C)S(=O)(=O)C=Cc1ccccc1. The molecular weight excluding hydrogens is 404 g/mol. The van der Waals surface area contributed by atoms with Crippen molar-refractivity contribution in [3.63, 3.8) is 0 Å². The zero-order valence-electron chi connectivity index (χ0n) is 17.9. The third-order valence-electron chi connectivity index (χ3n) is 4.49. The molecule has 0 aliphatic heterocycles. The van der Waals surface area contributed by atoms with Gasteiger partial charge in [-0.05, 0) is 44.5 Å². The first-order valence-corrected chi connectivity index (χ1v) is 11.3. The fourth-order valence-electron chi connectivity index (χ4n) is 2.86. The van der Waals surface area contributed by atoms with Gasteiger partial charge in [-0.1, -0.05) is 30.3 Å². The number of ether oxygens (including phenoxy) is 1. The van der Waals surface area contributed by atoms with E-state index in [1.54, 1.807) is 25.9 Å². The molecule has 0 saturated heterocycles. The van der Waals surface area contributed by atoms with Crippen LogP contribution in [-0.4, -0.2) is 56.4 Å². The lowest BCUT2D eigenvalue weighted by Crippen LogP contribution is -2.45. The van der Waals surface area contributed by atoms with Gasteiger partial charge in [-0.15, -0.1) is 0 Å². The van der Waals surface area contributed by atoms with Crippen LogP contribution in [0.25, 0.3) is 6.08 Å². The van der Waals surface area contributed by atoms with E-state index in [0.717, 1.165) is 16.7 Å². The first-order valence-electron chi connectivity index (χ1n) is 9.80. The molecule has 164 valence electrons. The number of methoxy groups -OCH3 is 1. The summed E-state index contributed by atoms with van der Waals surface area (Å²) < 4.78 is 37.7. The monoisotopic (exact) mass is 434 g/mol. The summed E-state index contributed by atoms with van der Waals surface area (Å²) in [5, 5.41) is 1.14. The standard InChI is InChI=1S/C22H30N2O5S/c1-18(2)24(30(26,27)15-12-20-8-6-5-7-9-20)17-22(25)23(13-14-28-4)16-21-11-10-19(3)29-21/h5-12,15,18H,13-14,16-17H2,1-4H3. The molecule has 0 unspecified atom stereocenters. The predicted octanol–water partition coefficient (Wildman–Crippen LogP) is 3.27. The first-order chi connectivity index (χ1) is 14.2. The van der Waals surface area contributed by atoms with E-state index in [2.05, 4.69) is 0 Å². The van der Waals surface area contributed by atoms with Gasteiger partial charge in [0.25, 0.3) is 0 Å². The number of amides is 1. The maximum Gasteiger partial charge on any atom is 0.238 e. The summed E-state index contributed by atoms with van der Waals surface area (Å²) in [6, 6.07) is 12.4. The number of hydrogen-bond acceptors (Lipinski definition) is 5. The van der Waals surface area contributed by atoms with Crippen LogP contribution in [0.2, 0.25) is 0 Å². The zero-order valence-corrected chi connectivity index (χ0v) is 18.8. The Kier molecular flexibility index (Phi) is 8.83. The Labute approximate surface area is 179 Å². The largest absolute Gasteiger partial charge is 0.464 e. The second kappa shape index (κ2) is 11.1. The Morgan fingerprint density at radius 2 is 1.87 bits per heavy atom. The number of benzene rings is 1. The van der Waals surface area contributed by atoms with Crippen molar-refractivity contribution in [1.82, 2.24) is 9.21 Å². The number of carbonyl (C=O) groups is 1. The van der Waals surface area contributed by atoms with Crippen molar-refractivity contribution in [2.24, 2.45) is 0 Å². The van der Waals surface area contributed by atoms with E-state index >= 15 is 0 Å². The molecule has 0 saturated carbocycles. The highest BCUT2D eigenvalue weighted by molar-refractivity contribution is 7.92.